The monoisotopic (exact) mass is 715 g/mol. The van der Waals surface area contributed by atoms with Crippen LogP contribution in [0.1, 0.15) is 0 Å². The molecule has 0 aliphatic heterocycles. The van der Waals surface area contributed by atoms with Crippen LogP contribution in [0, 0.1) is 0 Å². The average Bonchev–Trinajstić information content (AvgIpc) is 3.92. The Bertz CT molecular complexity index is 3480. The number of fused-ring (bicyclic) bond motifs is 11. The Balaban J connectivity index is 1.10. The van der Waals surface area contributed by atoms with Crippen molar-refractivity contribution in [3.05, 3.63) is 200 Å². The number of hydrogen-bond donors (Lipinski definition) is 0. The molecule has 0 N–H and O–H groups in total. The minimum Gasteiger partial charge on any atom is -0.456 e. The maximum Gasteiger partial charge on any atom is 0.137 e. The molecule has 56 heavy (non-hydrogen) atoms. The number of anilines is 3. The van der Waals surface area contributed by atoms with Crippen molar-refractivity contribution in [2.45, 2.75) is 0 Å². The van der Waals surface area contributed by atoms with Crippen molar-refractivity contribution in [3.8, 4) is 11.4 Å². The predicted molar refractivity (Wildman–Crippen MR) is 235 cm³/mol. The minimum absolute atomic E-state index is 0.863. The van der Waals surface area contributed by atoms with Gasteiger partial charge in [-0.25, -0.2) is 0 Å². The third-order valence-corrected chi connectivity index (χ3v) is 11.5. The second kappa shape index (κ2) is 12.0. The average molecular weight is 716 g/mol. The smallest absolute Gasteiger partial charge is 0.137 e. The standard InChI is InChI=1S/C52H33N3O/c1-2-14-35(15-3-1)55-44-20-9-6-17-40(44)41-31-30-38(33-48(41)55)53(46-22-12-24-50-52(46)43-19-8-11-23-49(43)56-50)36-26-28-37(29-27-36)54-45-21-10-7-18-42(45)51-39-16-5-4-13-34(39)25-32-47(51)54/h1-33H. The number of aromatic nitrogens is 2. The summed E-state index contributed by atoms with van der Waals surface area (Å²) in [6, 6.07) is 72.0. The first kappa shape index (κ1) is 30.9. The Morgan fingerprint density at radius 1 is 0.339 bits per heavy atom. The predicted octanol–water partition coefficient (Wildman–Crippen LogP) is 14.4. The van der Waals surface area contributed by atoms with Gasteiger partial charge in [-0.1, -0.05) is 115 Å². The molecule has 4 heteroatoms. The molecule has 0 aliphatic carbocycles. The molecule has 4 nitrogen and oxygen atoms in total. The fourth-order valence-corrected chi connectivity index (χ4v) is 9.09. The highest BCUT2D eigenvalue weighted by Gasteiger charge is 2.22. The van der Waals surface area contributed by atoms with E-state index in [-0.39, 0.29) is 0 Å². The van der Waals surface area contributed by atoms with Crippen molar-refractivity contribution in [1.29, 1.82) is 0 Å². The number of benzene rings is 9. The topological polar surface area (TPSA) is 26.2 Å². The number of rotatable bonds is 5. The first-order chi connectivity index (χ1) is 27.8. The van der Waals surface area contributed by atoms with Gasteiger partial charge in [0, 0.05) is 49.7 Å². The normalized spacial score (nSPS) is 11.9. The van der Waals surface area contributed by atoms with E-state index in [1.165, 1.54) is 48.9 Å². The number of hydrogen-bond acceptors (Lipinski definition) is 2. The van der Waals surface area contributed by atoms with Gasteiger partial charge in [-0.15, -0.1) is 0 Å². The van der Waals surface area contributed by atoms with E-state index in [1.54, 1.807) is 0 Å². The van der Waals surface area contributed by atoms with E-state index in [0.29, 0.717) is 0 Å². The van der Waals surface area contributed by atoms with Gasteiger partial charge in [-0.3, -0.25) is 0 Å². The Morgan fingerprint density at radius 2 is 0.946 bits per heavy atom. The van der Waals surface area contributed by atoms with Gasteiger partial charge in [-0.05, 0) is 95.7 Å². The van der Waals surface area contributed by atoms with Crippen LogP contribution in [-0.2, 0) is 0 Å². The highest BCUT2D eigenvalue weighted by atomic mass is 16.3. The SMILES string of the molecule is c1ccc(-n2c3ccccc3c3ccc(N(c4ccc(-n5c6ccccc6c6c7ccccc7ccc65)cc4)c4cccc5oc6ccccc6c45)cc32)cc1. The van der Waals surface area contributed by atoms with Gasteiger partial charge in [0.25, 0.3) is 0 Å². The van der Waals surface area contributed by atoms with Gasteiger partial charge in [0.05, 0.1) is 33.1 Å². The summed E-state index contributed by atoms with van der Waals surface area (Å²) in [5.41, 5.74) is 11.9. The first-order valence-corrected chi connectivity index (χ1v) is 19.1. The molecule has 0 fully saturated rings. The zero-order chi connectivity index (χ0) is 36.7. The summed E-state index contributed by atoms with van der Waals surface area (Å²) in [5.74, 6) is 0. The molecule has 0 bridgehead atoms. The summed E-state index contributed by atoms with van der Waals surface area (Å²) in [7, 11) is 0. The third-order valence-electron chi connectivity index (χ3n) is 11.5. The van der Waals surface area contributed by atoms with Crippen LogP contribution in [0.3, 0.4) is 0 Å². The van der Waals surface area contributed by atoms with Crippen LogP contribution in [0.2, 0.25) is 0 Å². The molecule has 0 aliphatic rings. The molecule has 3 heterocycles. The van der Waals surface area contributed by atoms with Crippen molar-refractivity contribution in [2.75, 3.05) is 4.90 Å². The fourth-order valence-electron chi connectivity index (χ4n) is 9.09. The first-order valence-electron chi connectivity index (χ1n) is 19.1. The largest absolute Gasteiger partial charge is 0.456 e. The summed E-state index contributed by atoms with van der Waals surface area (Å²) >= 11 is 0. The lowest BCUT2D eigenvalue weighted by atomic mass is 10.0. The molecule has 9 aromatic carbocycles. The summed E-state index contributed by atoms with van der Waals surface area (Å²) in [6.45, 7) is 0. The lowest BCUT2D eigenvalue weighted by molar-refractivity contribution is 0.669. The van der Waals surface area contributed by atoms with Crippen LogP contribution in [0.25, 0.3) is 87.7 Å². The van der Waals surface area contributed by atoms with Crippen LogP contribution in [0.5, 0.6) is 0 Å². The number of furan rings is 1. The van der Waals surface area contributed by atoms with Crippen LogP contribution >= 0.6 is 0 Å². The molecule has 0 atom stereocenters. The molecule has 12 aromatic rings. The summed E-state index contributed by atoms with van der Waals surface area (Å²) < 4.78 is 11.2. The second-order valence-corrected chi connectivity index (χ2v) is 14.5. The second-order valence-electron chi connectivity index (χ2n) is 14.5. The molecule has 12 rings (SSSR count). The van der Waals surface area contributed by atoms with Gasteiger partial charge in [-0.2, -0.15) is 0 Å². The highest BCUT2D eigenvalue weighted by Crippen LogP contribution is 2.45. The van der Waals surface area contributed by atoms with Crippen molar-refractivity contribution in [1.82, 2.24) is 9.13 Å². The van der Waals surface area contributed by atoms with E-state index in [4.69, 9.17) is 4.42 Å². The Labute approximate surface area is 322 Å². The van der Waals surface area contributed by atoms with Gasteiger partial charge in [0.2, 0.25) is 0 Å². The zero-order valence-corrected chi connectivity index (χ0v) is 30.3. The van der Waals surface area contributed by atoms with Gasteiger partial charge >= 0.3 is 0 Å². The van der Waals surface area contributed by atoms with Crippen LogP contribution in [-0.4, -0.2) is 9.13 Å². The molecule has 0 amide bonds. The lowest BCUT2D eigenvalue weighted by Crippen LogP contribution is -2.11. The zero-order valence-electron chi connectivity index (χ0n) is 30.3. The van der Waals surface area contributed by atoms with Gasteiger partial charge < -0.3 is 18.5 Å². The van der Waals surface area contributed by atoms with E-state index in [9.17, 15) is 0 Å². The molecule has 0 saturated heterocycles. The third kappa shape index (κ3) is 4.47. The molecule has 0 unspecified atom stereocenters. The minimum atomic E-state index is 0.863. The Hall–Kier alpha value is -7.56. The Kier molecular flexibility index (Phi) is 6.60. The number of nitrogens with zero attached hydrogens (tertiary/aromatic N) is 3. The summed E-state index contributed by atoms with van der Waals surface area (Å²) in [4.78, 5) is 2.39. The van der Waals surface area contributed by atoms with Crippen LogP contribution < -0.4 is 4.90 Å². The fraction of sp³-hybridized carbons (Fsp3) is 0. The quantitative estimate of drug-likeness (QED) is 0.177. The molecule has 3 aromatic heterocycles. The Morgan fingerprint density at radius 3 is 1.79 bits per heavy atom. The van der Waals surface area contributed by atoms with Crippen molar-refractivity contribution in [3.63, 3.8) is 0 Å². The summed E-state index contributed by atoms with van der Waals surface area (Å²) in [6.07, 6.45) is 0. The number of para-hydroxylation sites is 4. The molecule has 0 radical (unpaired) electrons. The summed E-state index contributed by atoms with van der Waals surface area (Å²) in [5, 5.41) is 9.69. The van der Waals surface area contributed by atoms with E-state index in [2.05, 4.69) is 208 Å². The lowest BCUT2D eigenvalue weighted by Gasteiger charge is -2.27. The molecule has 262 valence electrons. The highest BCUT2D eigenvalue weighted by molar-refractivity contribution is 6.21. The van der Waals surface area contributed by atoms with E-state index < -0.39 is 0 Å². The van der Waals surface area contributed by atoms with Crippen molar-refractivity contribution < 1.29 is 4.42 Å². The van der Waals surface area contributed by atoms with E-state index >= 15 is 0 Å². The van der Waals surface area contributed by atoms with Crippen molar-refractivity contribution >= 4 is 93.4 Å². The maximum atomic E-state index is 6.45. The van der Waals surface area contributed by atoms with E-state index in [1.807, 2.05) is 6.07 Å². The van der Waals surface area contributed by atoms with Crippen LogP contribution in [0.15, 0.2) is 205 Å². The molecular weight excluding hydrogens is 683 g/mol. The molecule has 0 saturated carbocycles. The van der Waals surface area contributed by atoms with Crippen molar-refractivity contribution in [2.24, 2.45) is 0 Å². The molecular formula is C52H33N3O. The van der Waals surface area contributed by atoms with E-state index in [0.717, 1.165) is 55.9 Å². The van der Waals surface area contributed by atoms with Gasteiger partial charge in [0.1, 0.15) is 11.2 Å². The van der Waals surface area contributed by atoms with Gasteiger partial charge in [0.15, 0.2) is 0 Å². The van der Waals surface area contributed by atoms with Crippen LogP contribution in [0.4, 0.5) is 17.1 Å². The maximum absolute atomic E-state index is 6.45. The molecule has 0 spiro atoms.